The minimum atomic E-state index is 0.664. The van der Waals surface area contributed by atoms with Gasteiger partial charge in [0.15, 0.2) is 0 Å². The Morgan fingerprint density at radius 1 is 1.33 bits per heavy atom. The van der Waals surface area contributed by atoms with Crippen molar-refractivity contribution in [2.45, 2.75) is 20.4 Å². The van der Waals surface area contributed by atoms with Crippen LogP contribution >= 0.6 is 11.3 Å². The van der Waals surface area contributed by atoms with Crippen molar-refractivity contribution in [3.8, 4) is 5.75 Å². The number of thiophene rings is 1. The Hall–Kier alpha value is -1.39. The van der Waals surface area contributed by atoms with Crippen molar-refractivity contribution in [1.29, 1.82) is 0 Å². The number of rotatable bonds is 6. The first-order chi connectivity index (χ1) is 8.77. The lowest BCUT2D eigenvalue weighted by atomic mass is 10.3. The van der Waals surface area contributed by atoms with Crippen LogP contribution in [0.5, 0.6) is 5.75 Å². The van der Waals surface area contributed by atoms with Gasteiger partial charge in [0.2, 0.25) is 0 Å². The summed E-state index contributed by atoms with van der Waals surface area (Å²) in [5.41, 5.74) is 2.29. The zero-order valence-corrected chi connectivity index (χ0v) is 11.6. The van der Waals surface area contributed by atoms with E-state index < -0.39 is 0 Å². The number of aromatic nitrogens is 1. The van der Waals surface area contributed by atoms with Crippen molar-refractivity contribution in [2.24, 2.45) is 0 Å². The molecule has 0 aliphatic heterocycles. The SMILES string of the molecule is Cc1ccsc1CNCCOc1cccnc1C. The minimum absolute atomic E-state index is 0.664. The highest BCUT2D eigenvalue weighted by Crippen LogP contribution is 2.15. The van der Waals surface area contributed by atoms with Crippen LogP contribution in [0, 0.1) is 13.8 Å². The molecular weight excluding hydrogens is 244 g/mol. The normalized spacial score (nSPS) is 10.6. The summed E-state index contributed by atoms with van der Waals surface area (Å²) in [4.78, 5) is 5.58. The molecule has 0 fully saturated rings. The molecule has 0 aromatic carbocycles. The van der Waals surface area contributed by atoms with Gasteiger partial charge in [-0.25, -0.2) is 0 Å². The number of hydrogen-bond donors (Lipinski definition) is 1. The zero-order chi connectivity index (χ0) is 12.8. The van der Waals surface area contributed by atoms with Crippen LogP contribution in [0.15, 0.2) is 29.8 Å². The first-order valence-electron chi connectivity index (χ1n) is 6.05. The second-order valence-corrected chi connectivity index (χ2v) is 5.14. The number of pyridine rings is 1. The Morgan fingerprint density at radius 2 is 2.22 bits per heavy atom. The van der Waals surface area contributed by atoms with Crippen LogP contribution < -0.4 is 10.1 Å². The Morgan fingerprint density at radius 3 is 2.94 bits per heavy atom. The summed E-state index contributed by atoms with van der Waals surface area (Å²) in [5, 5.41) is 5.51. The molecule has 0 saturated heterocycles. The average molecular weight is 262 g/mol. The molecule has 1 N–H and O–H groups in total. The Kier molecular flexibility index (Phi) is 4.73. The summed E-state index contributed by atoms with van der Waals surface area (Å²) < 4.78 is 5.66. The van der Waals surface area contributed by atoms with Gasteiger partial charge >= 0.3 is 0 Å². The molecule has 0 aliphatic rings. The number of hydrogen-bond acceptors (Lipinski definition) is 4. The molecule has 2 aromatic rings. The Labute approximate surface area is 112 Å². The van der Waals surface area contributed by atoms with E-state index in [4.69, 9.17) is 4.74 Å². The number of aryl methyl sites for hydroxylation is 2. The fourth-order valence-corrected chi connectivity index (χ4v) is 2.52. The lowest BCUT2D eigenvalue weighted by Crippen LogP contribution is -2.20. The maximum Gasteiger partial charge on any atom is 0.140 e. The van der Waals surface area contributed by atoms with Crippen LogP contribution in [-0.2, 0) is 6.54 Å². The molecule has 0 unspecified atom stereocenters. The van der Waals surface area contributed by atoms with Crippen molar-refractivity contribution < 1.29 is 4.74 Å². The third kappa shape index (κ3) is 3.55. The van der Waals surface area contributed by atoms with Crippen molar-refractivity contribution in [3.05, 3.63) is 45.9 Å². The van der Waals surface area contributed by atoms with Crippen LogP contribution in [0.1, 0.15) is 16.1 Å². The quantitative estimate of drug-likeness (QED) is 0.813. The highest BCUT2D eigenvalue weighted by molar-refractivity contribution is 7.10. The van der Waals surface area contributed by atoms with Crippen LogP contribution in [0.4, 0.5) is 0 Å². The lowest BCUT2D eigenvalue weighted by molar-refractivity contribution is 0.310. The fourth-order valence-electron chi connectivity index (χ4n) is 1.64. The summed E-state index contributed by atoms with van der Waals surface area (Å²) in [6.45, 7) is 6.52. The molecular formula is C14H18N2OS. The summed E-state index contributed by atoms with van der Waals surface area (Å²) in [7, 11) is 0. The maximum atomic E-state index is 5.66. The maximum absolute atomic E-state index is 5.66. The van der Waals surface area contributed by atoms with Crippen LogP contribution in [0.25, 0.3) is 0 Å². The van der Waals surface area contributed by atoms with E-state index in [0.717, 1.165) is 24.5 Å². The van der Waals surface area contributed by atoms with Gasteiger partial charge in [0.1, 0.15) is 12.4 Å². The number of nitrogens with one attached hydrogen (secondary N) is 1. The highest BCUT2D eigenvalue weighted by atomic mass is 32.1. The Bertz CT molecular complexity index is 496. The molecule has 2 rings (SSSR count). The summed E-state index contributed by atoms with van der Waals surface area (Å²) in [6.07, 6.45) is 1.78. The second-order valence-electron chi connectivity index (χ2n) is 4.14. The van der Waals surface area contributed by atoms with Crippen LogP contribution in [-0.4, -0.2) is 18.1 Å². The average Bonchev–Trinajstić information content (AvgIpc) is 2.77. The van der Waals surface area contributed by atoms with Gasteiger partial charge in [0.25, 0.3) is 0 Å². The van der Waals surface area contributed by atoms with Gasteiger partial charge in [-0.15, -0.1) is 11.3 Å². The largest absolute Gasteiger partial charge is 0.490 e. The summed E-state index contributed by atoms with van der Waals surface area (Å²) in [5.74, 6) is 0.867. The van der Waals surface area contributed by atoms with E-state index in [-0.39, 0.29) is 0 Å². The first-order valence-corrected chi connectivity index (χ1v) is 6.93. The third-order valence-electron chi connectivity index (χ3n) is 2.75. The van der Waals surface area contributed by atoms with Gasteiger partial charge in [-0.3, -0.25) is 4.98 Å². The molecule has 0 bridgehead atoms. The molecule has 0 saturated carbocycles. The minimum Gasteiger partial charge on any atom is -0.490 e. The highest BCUT2D eigenvalue weighted by Gasteiger charge is 2.00. The van der Waals surface area contributed by atoms with Crippen LogP contribution in [0.2, 0.25) is 0 Å². The number of ether oxygens (including phenoxy) is 1. The molecule has 0 radical (unpaired) electrons. The molecule has 0 aliphatic carbocycles. The van der Waals surface area contributed by atoms with Gasteiger partial charge in [0, 0.05) is 24.2 Å². The smallest absolute Gasteiger partial charge is 0.140 e. The van der Waals surface area contributed by atoms with Crippen molar-refractivity contribution >= 4 is 11.3 Å². The monoisotopic (exact) mass is 262 g/mol. The molecule has 3 nitrogen and oxygen atoms in total. The van der Waals surface area contributed by atoms with E-state index in [9.17, 15) is 0 Å². The van der Waals surface area contributed by atoms with E-state index >= 15 is 0 Å². The van der Waals surface area contributed by atoms with E-state index in [1.54, 1.807) is 17.5 Å². The predicted molar refractivity (Wildman–Crippen MR) is 75.2 cm³/mol. The lowest BCUT2D eigenvalue weighted by Gasteiger charge is -2.08. The van der Waals surface area contributed by atoms with E-state index in [1.165, 1.54) is 10.4 Å². The molecule has 2 heterocycles. The molecule has 0 amide bonds. The molecule has 0 spiro atoms. The van der Waals surface area contributed by atoms with Gasteiger partial charge < -0.3 is 10.1 Å². The molecule has 4 heteroatoms. The third-order valence-corrected chi connectivity index (χ3v) is 3.77. The van der Waals surface area contributed by atoms with Crippen LogP contribution in [0.3, 0.4) is 0 Å². The van der Waals surface area contributed by atoms with Crippen molar-refractivity contribution in [2.75, 3.05) is 13.2 Å². The topological polar surface area (TPSA) is 34.1 Å². The fraction of sp³-hybridized carbons (Fsp3) is 0.357. The van der Waals surface area contributed by atoms with Gasteiger partial charge in [0.05, 0.1) is 5.69 Å². The summed E-state index contributed by atoms with van der Waals surface area (Å²) >= 11 is 1.79. The predicted octanol–water partition coefficient (Wildman–Crippen LogP) is 2.93. The summed E-state index contributed by atoms with van der Waals surface area (Å²) in [6, 6.07) is 5.99. The first kappa shape index (κ1) is 13.1. The van der Waals surface area contributed by atoms with Gasteiger partial charge in [-0.2, -0.15) is 0 Å². The standard InChI is InChI=1S/C14H18N2OS/c1-11-5-9-18-14(11)10-15-7-8-17-13-4-3-6-16-12(13)2/h3-6,9,15H,7-8,10H2,1-2H3. The van der Waals surface area contributed by atoms with E-state index in [1.807, 2.05) is 19.1 Å². The van der Waals surface area contributed by atoms with Gasteiger partial charge in [-0.05, 0) is 43.0 Å². The van der Waals surface area contributed by atoms with Gasteiger partial charge in [-0.1, -0.05) is 0 Å². The molecule has 2 aromatic heterocycles. The molecule has 0 atom stereocenters. The van der Waals surface area contributed by atoms with E-state index in [2.05, 4.69) is 28.7 Å². The molecule has 96 valence electrons. The second kappa shape index (κ2) is 6.52. The molecule has 18 heavy (non-hydrogen) atoms. The number of nitrogens with zero attached hydrogens (tertiary/aromatic N) is 1. The zero-order valence-electron chi connectivity index (χ0n) is 10.8. The Balaban J connectivity index is 1.68. The van der Waals surface area contributed by atoms with E-state index in [0.29, 0.717) is 6.61 Å². The van der Waals surface area contributed by atoms with Crippen molar-refractivity contribution in [3.63, 3.8) is 0 Å². The van der Waals surface area contributed by atoms with Crippen molar-refractivity contribution in [1.82, 2.24) is 10.3 Å².